The average Bonchev–Trinajstić information content (AvgIpc) is 2.98. The first-order valence-corrected chi connectivity index (χ1v) is 9.50. The lowest BCUT2D eigenvalue weighted by atomic mass is 10.1. The van der Waals surface area contributed by atoms with Crippen LogP contribution in [0.25, 0.3) is 5.95 Å². The van der Waals surface area contributed by atoms with Gasteiger partial charge in [-0.2, -0.15) is 5.10 Å². The second kappa shape index (κ2) is 8.32. The molecule has 0 aliphatic heterocycles. The van der Waals surface area contributed by atoms with Crippen molar-refractivity contribution < 1.29 is 9.59 Å². The highest BCUT2D eigenvalue weighted by Crippen LogP contribution is 2.19. The van der Waals surface area contributed by atoms with E-state index in [0.717, 1.165) is 17.0 Å². The number of aromatic nitrogens is 4. The standard InChI is InChI=1S/C21H24N6O3/c1-11-12(2)23-21(25-20(11)30)27-14(4)15(13(3)26-27)9-10-18(28)24-17-8-6-5-7-16(17)19(22)29/h5-8H,9-10H2,1-4H3,(H2,22,29)(H,24,28)(H,23,25,30). The number of hydrogen-bond donors (Lipinski definition) is 3. The van der Waals surface area contributed by atoms with Gasteiger partial charge >= 0.3 is 0 Å². The number of carbonyl (C=O) groups excluding carboxylic acids is 2. The maximum Gasteiger partial charge on any atom is 0.255 e. The summed E-state index contributed by atoms with van der Waals surface area (Å²) in [5.74, 6) is -0.503. The molecule has 0 aliphatic carbocycles. The number of rotatable bonds is 6. The topological polar surface area (TPSA) is 136 Å². The van der Waals surface area contributed by atoms with Gasteiger partial charge < -0.3 is 11.1 Å². The molecule has 0 aliphatic rings. The number of nitrogens with two attached hydrogens (primary N) is 1. The van der Waals surface area contributed by atoms with Crippen molar-refractivity contribution in [1.82, 2.24) is 19.7 Å². The fourth-order valence-corrected chi connectivity index (χ4v) is 3.23. The number of primary amides is 1. The first kappa shape index (κ1) is 21.0. The van der Waals surface area contributed by atoms with Crippen molar-refractivity contribution in [3.05, 3.63) is 68.4 Å². The van der Waals surface area contributed by atoms with E-state index in [9.17, 15) is 14.4 Å². The minimum Gasteiger partial charge on any atom is -0.366 e. The highest BCUT2D eigenvalue weighted by Gasteiger charge is 2.17. The number of para-hydroxylation sites is 1. The zero-order valence-corrected chi connectivity index (χ0v) is 17.4. The van der Waals surface area contributed by atoms with E-state index in [4.69, 9.17) is 5.73 Å². The van der Waals surface area contributed by atoms with Gasteiger partial charge in [0.1, 0.15) is 0 Å². The quantitative estimate of drug-likeness (QED) is 0.572. The molecule has 0 radical (unpaired) electrons. The predicted octanol–water partition coefficient (Wildman–Crippen LogP) is 1.86. The van der Waals surface area contributed by atoms with Gasteiger partial charge in [0.2, 0.25) is 11.9 Å². The van der Waals surface area contributed by atoms with Crippen LogP contribution < -0.4 is 16.6 Å². The Bertz CT molecular complexity index is 1190. The van der Waals surface area contributed by atoms with Crippen LogP contribution in [0.15, 0.2) is 29.1 Å². The fraction of sp³-hybridized carbons (Fsp3) is 0.286. The van der Waals surface area contributed by atoms with E-state index in [2.05, 4.69) is 20.4 Å². The van der Waals surface area contributed by atoms with Crippen molar-refractivity contribution in [3.63, 3.8) is 0 Å². The normalized spacial score (nSPS) is 10.8. The van der Waals surface area contributed by atoms with Crippen molar-refractivity contribution in [2.75, 3.05) is 5.32 Å². The second-order valence-corrected chi connectivity index (χ2v) is 7.12. The Hall–Kier alpha value is -3.75. The summed E-state index contributed by atoms with van der Waals surface area (Å²) in [5.41, 5.74) is 9.43. The molecular weight excluding hydrogens is 384 g/mol. The van der Waals surface area contributed by atoms with Gasteiger partial charge in [0, 0.05) is 23.4 Å². The molecule has 1 aromatic carbocycles. The molecule has 9 nitrogen and oxygen atoms in total. The van der Waals surface area contributed by atoms with E-state index in [1.165, 1.54) is 0 Å². The Morgan fingerprint density at radius 3 is 2.50 bits per heavy atom. The predicted molar refractivity (Wildman–Crippen MR) is 113 cm³/mol. The number of benzene rings is 1. The Labute approximate surface area is 173 Å². The van der Waals surface area contributed by atoms with E-state index >= 15 is 0 Å². The van der Waals surface area contributed by atoms with Gasteiger partial charge in [-0.3, -0.25) is 19.4 Å². The van der Waals surface area contributed by atoms with Crippen molar-refractivity contribution in [1.29, 1.82) is 0 Å². The molecule has 3 rings (SSSR count). The van der Waals surface area contributed by atoms with Gasteiger partial charge in [0.15, 0.2) is 0 Å². The van der Waals surface area contributed by atoms with E-state index in [1.54, 1.807) is 42.8 Å². The number of carbonyl (C=O) groups is 2. The summed E-state index contributed by atoms with van der Waals surface area (Å²) in [6, 6.07) is 6.60. The summed E-state index contributed by atoms with van der Waals surface area (Å²) in [4.78, 5) is 43.2. The Kier molecular flexibility index (Phi) is 5.81. The van der Waals surface area contributed by atoms with E-state index in [0.29, 0.717) is 29.3 Å². The summed E-state index contributed by atoms with van der Waals surface area (Å²) in [6.45, 7) is 7.20. The van der Waals surface area contributed by atoms with Crippen LogP contribution in [-0.4, -0.2) is 31.6 Å². The third-order valence-corrected chi connectivity index (χ3v) is 5.09. The lowest BCUT2D eigenvalue weighted by Crippen LogP contribution is -2.19. The maximum absolute atomic E-state index is 12.4. The van der Waals surface area contributed by atoms with Crippen molar-refractivity contribution in [3.8, 4) is 5.95 Å². The first-order chi connectivity index (χ1) is 14.2. The van der Waals surface area contributed by atoms with Gasteiger partial charge in [-0.05, 0) is 51.8 Å². The largest absolute Gasteiger partial charge is 0.366 e. The Balaban J connectivity index is 1.78. The Morgan fingerprint density at radius 1 is 1.13 bits per heavy atom. The molecule has 0 unspecified atom stereocenters. The van der Waals surface area contributed by atoms with E-state index in [-0.39, 0.29) is 23.5 Å². The number of nitrogens with zero attached hydrogens (tertiary/aromatic N) is 3. The molecule has 0 spiro atoms. The van der Waals surface area contributed by atoms with Crippen LogP contribution in [0.2, 0.25) is 0 Å². The zero-order valence-electron chi connectivity index (χ0n) is 17.4. The van der Waals surface area contributed by atoms with E-state index in [1.807, 2.05) is 13.8 Å². The highest BCUT2D eigenvalue weighted by atomic mass is 16.2. The maximum atomic E-state index is 12.4. The molecular formula is C21H24N6O3. The lowest BCUT2D eigenvalue weighted by molar-refractivity contribution is -0.116. The number of nitrogens with one attached hydrogen (secondary N) is 2. The van der Waals surface area contributed by atoms with Gasteiger partial charge in [0.05, 0.1) is 16.9 Å². The first-order valence-electron chi connectivity index (χ1n) is 9.50. The zero-order chi connectivity index (χ0) is 22.0. The third-order valence-electron chi connectivity index (χ3n) is 5.09. The molecule has 2 aromatic heterocycles. The summed E-state index contributed by atoms with van der Waals surface area (Å²) in [6.07, 6.45) is 0.634. The van der Waals surface area contributed by atoms with Crippen LogP contribution in [0.5, 0.6) is 0 Å². The lowest BCUT2D eigenvalue weighted by Gasteiger charge is -2.09. The van der Waals surface area contributed by atoms with Crippen molar-refractivity contribution >= 4 is 17.5 Å². The average molecular weight is 408 g/mol. The number of aromatic amines is 1. The molecule has 9 heteroatoms. The van der Waals surface area contributed by atoms with Crippen LogP contribution in [-0.2, 0) is 11.2 Å². The van der Waals surface area contributed by atoms with Crippen LogP contribution in [0.1, 0.15) is 45.0 Å². The second-order valence-electron chi connectivity index (χ2n) is 7.12. The molecule has 0 saturated carbocycles. The molecule has 156 valence electrons. The molecule has 0 bridgehead atoms. The van der Waals surface area contributed by atoms with Gasteiger partial charge in [-0.1, -0.05) is 12.1 Å². The number of amides is 2. The Morgan fingerprint density at radius 2 is 1.83 bits per heavy atom. The monoisotopic (exact) mass is 408 g/mol. The molecule has 30 heavy (non-hydrogen) atoms. The summed E-state index contributed by atoms with van der Waals surface area (Å²) in [5, 5.41) is 7.22. The highest BCUT2D eigenvalue weighted by molar-refractivity contribution is 6.03. The third kappa shape index (κ3) is 4.14. The molecule has 0 fully saturated rings. The molecule has 4 N–H and O–H groups in total. The minimum atomic E-state index is -0.603. The van der Waals surface area contributed by atoms with Gasteiger partial charge in [0.25, 0.3) is 11.5 Å². The summed E-state index contributed by atoms with van der Waals surface area (Å²) >= 11 is 0. The molecule has 0 atom stereocenters. The number of H-pyrrole nitrogens is 1. The fourth-order valence-electron chi connectivity index (χ4n) is 3.23. The van der Waals surface area contributed by atoms with Crippen molar-refractivity contribution in [2.24, 2.45) is 5.73 Å². The minimum absolute atomic E-state index is 0.192. The molecule has 3 aromatic rings. The van der Waals surface area contributed by atoms with Gasteiger partial charge in [-0.15, -0.1) is 0 Å². The SMILES string of the molecule is Cc1nn(-c2nc(C)c(C)c(=O)[nH]2)c(C)c1CCC(=O)Nc1ccccc1C(N)=O. The smallest absolute Gasteiger partial charge is 0.255 e. The molecule has 0 saturated heterocycles. The van der Waals surface area contributed by atoms with Crippen LogP contribution >= 0.6 is 0 Å². The number of aryl methyl sites for hydroxylation is 2. The van der Waals surface area contributed by atoms with Crippen LogP contribution in [0, 0.1) is 27.7 Å². The summed E-state index contributed by atoms with van der Waals surface area (Å²) in [7, 11) is 0. The van der Waals surface area contributed by atoms with Crippen LogP contribution in [0.3, 0.4) is 0 Å². The number of anilines is 1. The van der Waals surface area contributed by atoms with Crippen molar-refractivity contribution in [2.45, 2.75) is 40.5 Å². The van der Waals surface area contributed by atoms with Gasteiger partial charge in [-0.25, -0.2) is 9.67 Å². The summed E-state index contributed by atoms with van der Waals surface area (Å²) < 4.78 is 1.58. The van der Waals surface area contributed by atoms with E-state index < -0.39 is 5.91 Å². The molecule has 2 heterocycles. The number of hydrogen-bond acceptors (Lipinski definition) is 5. The van der Waals surface area contributed by atoms with Crippen LogP contribution in [0.4, 0.5) is 5.69 Å². The molecule has 2 amide bonds.